The van der Waals surface area contributed by atoms with E-state index in [-0.39, 0.29) is 11.8 Å². The molecule has 2 amide bonds. The number of piperidine rings is 1. The van der Waals surface area contributed by atoms with Crippen molar-refractivity contribution < 1.29 is 14.3 Å². The Kier molecular flexibility index (Phi) is 9.79. The molecule has 2 aromatic carbocycles. The summed E-state index contributed by atoms with van der Waals surface area (Å²) >= 11 is 0. The minimum absolute atomic E-state index is 0.0297. The number of hydrogen-bond acceptors (Lipinski definition) is 4. The average molecular weight is 492 g/mol. The van der Waals surface area contributed by atoms with E-state index in [1.807, 2.05) is 18.2 Å². The molecule has 6 nitrogen and oxygen atoms in total. The maximum absolute atomic E-state index is 13.1. The highest BCUT2D eigenvalue weighted by molar-refractivity contribution is 6.02. The Morgan fingerprint density at radius 1 is 0.972 bits per heavy atom. The largest absolute Gasteiger partial charge is 0.383 e. The van der Waals surface area contributed by atoms with Gasteiger partial charge < -0.3 is 20.3 Å². The third-order valence-corrected chi connectivity index (χ3v) is 7.69. The number of nitrogens with zero attached hydrogens (tertiary/aromatic N) is 1. The number of nitrogens with one attached hydrogen (secondary N) is 2. The van der Waals surface area contributed by atoms with E-state index in [2.05, 4.69) is 45.9 Å². The number of anilines is 2. The van der Waals surface area contributed by atoms with E-state index in [0.717, 1.165) is 44.5 Å². The molecule has 0 radical (unpaired) electrons. The molecule has 2 aliphatic rings. The van der Waals surface area contributed by atoms with E-state index >= 15 is 0 Å². The number of hydrogen-bond donors (Lipinski definition) is 2. The molecule has 2 fully saturated rings. The lowest BCUT2D eigenvalue weighted by Crippen LogP contribution is -2.36. The topological polar surface area (TPSA) is 70.7 Å². The molecule has 6 heteroatoms. The Morgan fingerprint density at radius 3 is 2.44 bits per heavy atom. The number of methoxy groups -OCH3 is 1. The van der Waals surface area contributed by atoms with Gasteiger partial charge in [0.25, 0.3) is 5.91 Å². The van der Waals surface area contributed by atoms with Crippen LogP contribution in [-0.2, 0) is 16.0 Å². The van der Waals surface area contributed by atoms with Crippen LogP contribution >= 0.6 is 0 Å². The summed E-state index contributed by atoms with van der Waals surface area (Å²) in [6.07, 6.45) is 9.86. The summed E-state index contributed by atoms with van der Waals surface area (Å²) in [7, 11) is 1.62. The first-order chi connectivity index (χ1) is 17.6. The molecule has 2 aromatic rings. The van der Waals surface area contributed by atoms with Gasteiger partial charge in [0.15, 0.2) is 0 Å². The van der Waals surface area contributed by atoms with Crippen molar-refractivity contribution in [1.82, 2.24) is 5.32 Å². The minimum Gasteiger partial charge on any atom is -0.383 e. The smallest absolute Gasteiger partial charge is 0.253 e. The van der Waals surface area contributed by atoms with Crippen LogP contribution < -0.4 is 15.5 Å². The predicted molar refractivity (Wildman–Crippen MR) is 146 cm³/mol. The second kappa shape index (κ2) is 13.4. The van der Waals surface area contributed by atoms with Gasteiger partial charge in [0.1, 0.15) is 0 Å². The molecule has 1 heterocycles. The molecule has 1 aliphatic heterocycles. The molecule has 1 aliphatic carbocycles. The first kappa shape index (κ1) is 26.2. The van der Waals surface area contributed by atoms with Gasteiger partial charge in [-0.2, -0.15) is 0 Å². The van der Waals surface area contributed by atoms with Gasteiger partial charge in [0.05, 0.1) is 12.2 Å². The third-order valence-electron chi connectivity index (χ3n) is 7.69. The normalized spacial score (nSPS) is 16.8. The van der Waals surface area contributed by atoms with E-state index in [4.69, 9.17) is 4.74 Å². The summed E-state index contributed by atoms with van der Waals surface area (Å²) < 4.78 is 5.10. The third kappa shape index (κ3) is 7.57. The van der Waals surface area contributed by atoms with Crippen LogP contribution in [0.15, 0.2) is 48.5 Å². The van der Waals surface area contributed by atoms with Crippen molar-refractivity contribution in [2.75, 3.05) is 43.6 Å². The quantitative estimate of drug-likeness (QED) is 0.411. The molecule has 0 atom stereocenters. The molecule has 36 heavy (non-hydrogen) atoms. The average Bonchev–Trinajstić information content (AvgIpc) is 3.43. The number of amides is 2. The van der Waals surface area contributed by atoms with Crippen LogP contribution in [0.1, 0.15) is 67.3 Å². The van der Waals surface area contributed by atoms with E-state index < -0.39 is 0 Å². The molecule has 0 spiro atoms. The van der Waals surface area contributed by atoms with Crippen molar-refractivity contribution in [3.8, 4) is 0 Å². The molecule has 1 saturated carbocycles. The predicted octanol–water partition coefficient (Wildman–Crippen LogP) is 5.43. The number of carbonyl (C=O) groups excluding carboxylic acids is 2. The lowest BCUT2D eigenvalue weighted by Gasteiger charge is -2.35. The zero-order valence-electron chi connectivity index (χ0n) is 21.6. The Labute approximate surface area is 215 Å². The standard InChI is InChI=1S/C30H41N3O3/c1-36-20-17-31-30(35)27-22-26(32-29(34)14-11-23-7-5-6-8-23)12-13-28(27)33-18-15-25(16-19-33)21-24-9-3-2-4-10-24/h2-4,9-10,12-13,22-23,25H,5-8,11,14-21H2,1H3,(H,31,35)(H,32,34). The summed E-state index contributed by atoms with van der Waals surface area (Å²) in [5.41, 5.74) is 3.63. The SMILES string of the molecule is COCCNC(=O)c1cc(NC(=O)CCC2CCCC2)ccc1N1CCC(Cc2ccccc2)CC1. The van der Waals surface area contributed by atoms with Crippen LogP contribution in [0.3, 0.4) is 0 Å². The summed E-state index contributed by atoms with van der Waals surface area (Å²) in [6.45, 7) is 2.75. The molecule has 0 aromatic heterocycles. The Balaban J connectivity index is 1.40. The van der Waals surface area contributed by atoms with Gasteiger partial charge in [0.2, 0.25) is 5.91 Å². The van der Waals surface area contributed by atoms with Crippen molar-refractivity contribution in [3.05, 3.63) is 59.7 Å². The van der Waals surface area contributed by atoms with E-state index in [9.17, 15) is 9.59 Å². The minimum atomic E-state index is -0.129. The van der Waals surface area contributed by atoms with Gasteiger partial charge in [-0.15, -0.1) is 0 Å². The fraction of sp³-hybridized carbons (Fsp3) is 0.533. The van der Waals surface area contributed by atoms with Crippen LogP contribution in [0.25, 0.3) is 0 Å². The highest BCUT2D eigenvalue weighted by atomic mass is 16.5. The lowest BCUT2D eigenvalue weighted by atomic mass is 9.89. The first-order valence-corrected chi connectivity index (χ1v) is 13.6. The fourth-order valence-corrected chi connectivity index (χ4v) is 5.62. The maximum atomic E-state index is 13.1. The molecule has 0 unspecified atom stereocenters. The van der Waals surface area contributed by atoms with Crippen LogP contribution in [0.4, 0.5) is 11.4 Å². The summed E-state index contributed by atoms with van der Waals surface area (Å²) in [5.74, 6) is 1.24. The van der Waals surface area contributed by atoms with Crippen molar-refractivity contribution in [1.29, 1.82) is 0 Å². The van der Waals surface area contributed by atoms with E-state index in [0.29, 0.717) is 42.7 Å². The molecule has 4 rings (SSSR count). The Bertz CT molecular complexity index is 980. The molecule has 2 N–H and O–H groups in total. The van der Waals surface area contributed by atoms with Crippen molar-refractivity contribution in [3.63, 3.8) is 0 Å². The number of carbonyl (C=O) groups is 2. The zero-order valence-corrected chi connectivity index (χ0v) is 21.6. The Morgan fingerprint density at radius 2 is 1.72 bits per heavy atom. The highest BCUT2D eigenvalue weighted by Crippen LogP contribution is 2.31. The van der Waals surface area contributed by atoms with Crippen molar-refractivity contribution >= 4 is 23.2 Å². The lowest BCUT2D eigenvalue weighted by molar-refractivity contribution is -0.116. The fourth-order valence-electron chi connectivity index (χ4n) is 5.62. The van der Waals surface area contributed by atoms with Crippen LogP contribution in [-0.4, -0.2) is 45.2 Å². The maximum Gasteiger partial charge on any atom is 0.253 e. The van der Waals surface area contributed by atoms with E-state index in [1.54, 1.807) is 7.11 Å². The summed E-state index contributed by atoms with van der Waals surface area (Å²) in [4.78, 5) is 28.0. The monoisotopic (exact) mass is 491 g/mol. The van der Waals surface area contributed by atoms with Crippen molar-refractivity contribution in [2.24, 2.45) is 11.8 Å². The van der Waals surface area contributed by atoms with E-state index in [1.165, 1.54) is 31.2 Å². The number of rotatable bonds is 11. The van der Waals surface area contributed by atoms with Crippen LogP contribution in [0.5, 0.6) is 0 Å². The number of benzene rings is 2. The highest BCUT2D eigenvalue weighted by Gasteiger charge is 2.24. The van der Waals surface area contributed by atoms with Gasteiger partial charge in [0, 0.05) is 44.5 Å². The van der Waals surface area contributed by atoms with Crippen LogP contribution in [0.2, 0.25) is 0 Å². The van der Waals surface area contributed by atoms with Gasteiger partial charge in [-0.25, -0.2) is 0 Å². The summed E-state index contributed by atoms with van der Waals surface area (Å²) in [6, 6.07) is 16.4. The van der Waals surface area contributed by atoms with Crippen molar-refractivity contribution in [2.45, 2.75) is 57.8 Å². The molecular weight excluding hydrogens is 450 g/mol. The molecule has 194 valence electrons. The molecule has 0 bridgehead atoms. The second-order valence-corrected chi connectivity index (χ2v) is 10.3. The van der Waals surface area contributed by atoms with Gasteiger partial charge >= 0.3 is 0 Å². The molecular formula is C30H41N3O3. The number of ether oxygens (including phenoxy) is 1. The van der Waals surface area contributed by atoms with Gasteiger partial charge in [-0.05, 0) is 61.3 Å². The van der Waals surface area contributed by atoms with Gasteiger partial charge in [-0.3, -0.25) is 9.59 Å². The van der Waals surface area contributed by atoms with Crippen LogP contribution in [0, 0.1) is 11.8 Å². The Hall–Kier alpha value is -2.86. The molecule has 1 saturated heterocycles. The second-order valence-electron chi connectivity index (χ2n) is 10.3. The van der Waals surface area contributed by atoms with Gasteiger partial charge in [-0.1, -0.05) is 56.0 Å². The zero-order chi connectivity index (χ0) is 25.2. The summed E-state index contributed by atoms with van der Waals surface area (Å²) in [5, 5.41) is 5.99. The first-order valence-electron chi connectivity index (χ1n) is 13.6.